The second-order valence-corrected chi connectivity index (χ2v) is 8.09. The van der Waals surface area contributed by atoms with Gasteiger partial charge in [-0.05, 0) is 43.9 Å². The molecule has 5 rings (SSSR count). The summed E-state index contributed by atoms with van der Waals surface area (Å²) in [5.41, 5.74) is 4.94. The fraction of sp³-hybridized carbons (Fsp3) is 0.500. The van der Waals surface area contributed by atoms with Crippen LogP contribution in [-0.4, -0.2) is 56.7 Å². The average Bonchev–Trinajstić information content (AvgIpc) is 3.24. The van der Waals surface area contributed by atoms with Crippen molar-refractivity contribution in [2.45, 2.75) is 37.6 Å². The lowest BCUT2D eigenvalue weighted by Crippen LogP contribution is -2.45. The van der Waals surface area contributed by atoms with Crippen molar-refractivity contribution in [3.05, 3.63) is 47.7 Å². The Labute approximate surface area is 159 Å². The normalized spacial score (nSPS) is 22.4. The molecule has 1 unspecified atom stereocenters. The molecular weight excluding hydrogens is 338 g/mol. The Morgan fingerprint density at radius 1 is 1.19 bits per heavy atom. The molecule has 0 radical (unpaired) electrons. The summed E-state index contributed by atoms with van der Waals surface area (Å²) in [6.45, 7) is 3.06. The number of rotatable bonds is 3. The largest absolute Gasteiger partial charge is 0.347 e. The van der Waals surface area contributed by atoms with E-state index in [2.05, 4.69) is 20.0 Å². The quantitative estimate of drug-likeness (QED) is 0.710. The molecule has 1 fully saturated rings. The van der Waals surface area contributed by atoms with Crippen molar-refractivity contribution >= 4 is 11.6 Å². The van der Waals surface area contributed by atoms with E-state index >= 15 is 0 Å². The highest BCUT2D eigenvalue weighted by Crippen LogP contribution is 2.44. The predicted molar refractivity (Wildman–Crippen MR) is 104 cm³/mol. The highest BCUT2D eigenvalue weighted by atomic mass is 15.3. The van der Waals surface area contributed by atoms with Crippen LogP contribution in [0, 0.1) is 0 Å². The zero-order valence-corrected chi connectivity index (χ0v) is 16.0. The van der Waals surface area contributed by atoms with Crippen LogP contribution in [0.1, 0.15) is 36.1 Å². The Morgan fingerprint density at radius 3 is 3.00 bits per heavy atom. The molecule has 1 saturated heterocycles. The van der Waals surface area contributed by atoms with E-state index in [1.54, 1.807) is 0 Å². The van der Waals surface area contributed by atoms with Gasteiger partial charge >= 0.3 is 0 Å². The Bertz CT molecular complexity index is 975. The summed E-state index contributed by atoms with van der Waals surface area (Å²) < 4.78 is 1.86. The van der Waals surface area contributed by atoms with E-state index in [9.17, 15) is 0 Å². The van der Waals surface area contributed by atoms with Crippen LogP contribution in [0.4, 0.5) is 5.95 Å². The number of anilines is 1. The van der Waals surface area contributed by atoms with Crippen LogP contribution < -0.4 is 4.90 Å². The molecule has 0 aromatic carbocycles. The summed E-state index contributed by atoms with van der Waals surface area (Å²) in [7, 11) is 4.02. The van der Waals surface area contributed by atoms with Crippen molar-refractivity contribution in [1.82, 2.24) is 29.5 Å². The zero-order chi connectivity index (χ0) is 18.4. The van der Waals surface area contributed by atoms with E-state index in [4.69, 9.17) is 4.98 Å². The van der Waals surface area contributed by atoms with Crippen LogP contribution in [0.3, 0.4) is 0 Å². The van der Waals surface area contributed by atoms with Crippen molar-refractivity contribution in [2.75, 3.05) is 32.1 Å². The monoisotopic (exact) mass is 363 g/mol. The topological polar surface area (TPSA) is 62.5 Å². The fourth-order valence-corrected chi connectivity index (χ4v) is 4.74. The molecule has 0 amide bonds. The molecule has 140 valence electrons. The lowest BCUT2D eigenvalue weighted by molar-refractivity contribution is 0.137. The van der Waals surface area contributed by atoms with E-state index < -0.39 is 0 Å². The van der Waals surface area contributed by atoms with Gasteiger partial charge in [-0.25, -0.2) is 19.5 Å². The van der Waals surface area contributed by atoms with Crippen molar-refractivity contribution < 1.29 is 0 Å². The molecule has 4 heterocycles. The van der Waals surface area contributed by atoms with E-state index in [0.29, 0.717) is 0 Å². The summed E-state index contributed by atoms with van der Waals surface area (Å²) in [6, 6.07) is 1.91. The van der Waals surface area contributed by atoms with Crippen LogP contribution in [-0.2, 0) is 18.4 Å². The highest BCUT2D eigenvalue weighted by molar-refractivity contribution is 5.45. The maximum atomic E-state index is 4.97. The van der Waals surface area contributed by atoms with E-state index in [1.165, 1.54) is 36.1 Å². The fourth-order valence-electron chi connectivity index (χ4n) is 4.74. The van der Waals surface area contributed by atoms with Crippen LogP contribution in [0.15, 0.2) is 30.9 Å². The molecule has 2 aliphatic rings. The lowest BCUT2D eigenvalue weighted by Gasteiger charge is -2.40. The molecule has 1 aliphatic heterocycles. The smallest absolute Gasteiger partial charge is 0.225 e. The molecule has 1 atom stereocenters. The predicted octanol–water partition coefficient (Wildman–Crippen LogP) is 2.07. The van der Waals surface area contributed by atoms with Gasteiger partial charge in [-0.3, -0.25) is 4.90 Å². The number of aryl methyl sites for hydroxylation is 1. The third-order valence-electron chi connectivity index (χ3n) is 6.03. The van der Waals surface area contributed by atoms with Gasteiger partial charge < -0.3 is 4.90 Å². The molecule has 0 bridgehead atoms. The first kappa shape index (κ1) is 16.6. The van der Waals surface area contributed by atoms with Crippen molar-refractivity contribution in [3.63, 3.8) is 0 Å². The molecule has 3 aromatic rings. The van der Waals surface area contributed by atoms with Gasteiger partial charge in [0.1, 0.15) is 0 Å². The van der Waals surface area contributed by atoms with Crippen LogP contribution in [0.25, 0.3) is 5.65 Å². The van der Waals surface area contributed by atoms with Gasteiger partial charge in [0.15, 0.2) is 5.65 Å². The average molecular weight is 363 g/mol. The van der Waals surface area contributed by atoms with Crippen molar-refractivity contribution in [3.8, 4) is 0 Å². The van der Waals surface area contributed by atoms with E-state index in [1.807, 2.05) is 54.4 Å². The number of hydrogen-bond acceptors (Lipinski definition) is 6. The standard InChI is InChI=1S/C20H25N7/c1-25(2)19-22-11-15-5-7-20(17(15)24-19)6-3-9-26(14-20)13-16-12-23-27-10-4-8-21-18(16)27/h4,8,10-12H,3,5-7,9,13-14H2,1-2H3. The van der Waals surface area contributed by atoms with Gasteiger partial charge in [-0.15, -0.1) is 0 Å². The molecular formula is C20H25N7. The second-order valence-electron chi connectivity index (χ2n) is 8.09. The van der Waals surface area contributed by atoms with Crippen molar-refractivity contribution in [1.29, 1.82) is 0 Å². The van der Waals surface area contributed by atoms with Gasteiger partial charge in [0.25, 0.3) is 0 Å². The molecule has 7 heteroatoms. The van der Waals surface area contributed by atoms with Gasteiger partial charge in [-0.1, -0.05) is 0 Å². The summed E-state index contributed by atoms with van der Waals surface area (Å²) >= 11 is 0. The van der Waals surface area contributed by atoms with Gasteiger partial charge in [-0.2, -0.15) is 5.10 Å². The SMILES string of the molecule is CN(C)c1ncc2c(n1)C1(CCCN(Cc3cnn4cccnc34)C1)CC2. The van der Waals surface area contributed by atoms with Crippen LogP contribution >= 0.6 is 0 Å². The molecule has 27 heavy (non-hydrogen) atoms. The summed E-state index contributed by atoms with van der Waals surface area (Å²) in [4.78, 5) is 18.6. The van der Waals surface area contributed by atoms with Gasteiger partial charge in [0, 0.05) is 56.8 Å². The first-order valence-electron chi connectivity index (χ1n) is 9.68. The highest BCUT2D eigenvalue weighted by Gasteiger charge is 2.43. The Kier molecular flexibility index (Phi) is 3.86. The summed E-state index contributed by atoms with van der Waals surface area (Å²) in [5, 5.41) is 4.44. The Balaban J connectivity index is 1.43. The number of fused-ring (bicyclic) bond motifs is 3. The lowest BCUT2D eigenvalue weighted by atomic mass is 9.77. The van der Waals surface area contributed by atoms with E-state index in [-0.39, 0.29) is 5.41 Å². The third kappa shape index (κ3) is 2.77. The molecule has 1 spiro atoms. The summed E-state index contributed by atoms with van der Waals surface area (Å²) in [6.07, 6.45) is 12.5. The number of likely N-dealkylation sites (tertiary alicyclic amines) is 1. The molecule has 0 N–H and O–H groups in total. The Hall–Kier alpha value is -2.54. The first-order chi connectivity index (χ1) is 13.1. The minimum absolute atomic E-state index is 0.164. The van der Waals surface area contributed by atoms with Crippen molar-refractivity contribution in [2.24, 2.45) is 0 Å². The van der Waals surface area contributed by atoms with Gasteiger partial charge in [0.2, 0.25) is 5.95 Å². The molecule has 3 aromatic heterocycles. The number of aromatic nitrogens is 5. The Morgan fingerprint density at radius 2 is 2.11 bits per heavy atom. The molecule has 1 aliphatic carbocycles. The zero-order valence-electron chi connectivity index (χ0n) is 16.0. The summed E-state index contributed by atoms with van der Waals surface area (Å²) in [5.74, 6) is 0.818. The second kappa shape index (κ2) is 6.27. The number of nitrogens with zero attached hydrogens (tertiary/aromatic N) is 7. The maximum absolute atomic E-state index is 4.97. The minimum Gasteiger partial charge on any atom is -0.347 e. The molecule has 7 nitrogen and oxygen atoms in total. The van der Waals surface area contributed by atoms with Gasteiger partial charge in [0.05, 0.1) is 11.9 Å². The maximum Gasteiger partial charge on any atom is 0.225 e. The van der Waals surface area contributed by atoms with Crippen LogP contribution in [0.5, 0.6) is 0 Å². The molecule has 0 saturated carbocycles. The number of hydrogen-bond donors (Lipinski definition) is 0. The first-order valence-corrected chi connectivity index (χ1v) is 9.68. The minimum atomic E-state index is 0.164. The number of piperidine rings is 1. The van der Waals surface area contributed by atoms with E-state index in [0.717, 1.165) is 37.7 Å². The third-order valence-corrected chi connectivity index (χ3v) is 6.03. The van der Waals surface area contributed by atoms with Crippen LogP contribution in [0.2, 0.25) is 0 Å².